The Balaban J connectivity index is 1.84. The fraction of sp³-hybridized carbons (Fsp3) is 0.375. The lowest BCUT2D eigenvalue weighted by Crippen LogP contribution is -2.33. The van der Waals surface area contributed by atoms with E-state index in [0.717, 1.165) is 30.8 Å². The number of piperidine rings is 1. The molecule has 0 bridgehead atoms. The molecule has 108 valence electrons. The first-order valence-corrected chi connectivity index (χ1v) is 7.20. The fourth-order valence-corrected chi connectivity index (χ4v) is 2.96. The van der Waals surface area contributed by atoms with Crippen molar-refractivity contribution >= 4 is 0 Å². The van der Waals surface area contributed by atoms with Crippen molar-refractivity contribution in [3.05, 3.63) is 53.4 Å². The van der Waals surface area contributed by atoms with Crippen LogP contribution < -0.4 is 0 Å². The molecule has 0 amide bonds. The Morgan fingerprint density at radius 3 is 3.10 bits per heavy atom. The highest BCUT2D eigenvalue weighted by Crippen LogP contribution is 2.30. The number of imidazole rings is 1. The van der Waals surface area contributed by atoms with Gasteiger partial charge in [-0.05, 0) is 37.1 Å². The van der Waals surface area contributed by atoms with E-state index in [4.69, 9.17) is 5.26 Å². The quantitative estimate of drug-likeness (QED) is 0.942. The molecule has 3 rings (SSSR count). The minimum Gasteiger partial charge on any atom is -0.347 e. The molecule has 0 saturated carbocycles. The van der Waals surface area contributed by atoms with Gasteiger partial charge in [0, 0.05) is 18.9 Å². The Bertz CT molecular complexity index is 645. The van der Waals surface area contributed by atoms with Crippen molar-refractivity contribution < 1.29 is 4.39 Å². The predicted molar refractivity (Wildman–Crippen MR) is 76.7 cm³/mol. The van der Waals surface area contributed by atoms with Crippen LogP contribution in [0.1, 0.15) is 42.3 Å². The summed E-state index contributed by atoms with van der Waals surface area (Å²) in [5.41, 5.74) is 1.29. The van der Waals surface area contributed by atoms with E-state index >= 15 is 0 Å². The average Bonchev–Trinajstić information content (AvgIpc) is 3.03. The second-order valence-corrected chi connectivity index (χ2v) is 5.37. The molecular formula is C16H17FN4. The number of hydrogen-bond acceptors (Lipinski definition) is 3. The molecule has 1 fully saturated rings. The third-order valence-corrected chi connectivity index (χ3v) is 4.01. The first kappa shape index (κ1) is 13.8. The molecule has 1 aromatic heterocycles. The van der Waals surface area contributed by atoms with Gasteiger partial charge in [-0.1, -0.05) is 12.5 Å². The minimum absolute atomic E-state index is 0.241. The van der Waals surface area contributed by atoms with Crippen molar-refractivity contribution in [3.63, 3.8) is 0 Å². The van der Waals surface area contributed by atoms with Crippen molar-refractivity contribution in [1.29, 1.82) is 5.26 Å². The summed E-state index contributed by atoms with van der Waals surface area (Å²) >= 11 is 0. The highest BCUT2D eigenvalue weighted by Gasteiger charge is 2.26. The lowest BCUT2D eigenvalue weighted by Gasteiger charge is -2.34. The molecule has 21 heavy (non-hydrogen) atoms. The van der Waals surface area contributed by atoms with E-state index in [1.165, 1.54) is 18.6 Å². The zero-order valence-electron chi connectivity index (χ0n) is 11.7. The van der Waals surface area contributed by atoms with Crippen molar-refractivity contribution in [2.24, 2.45) is 0 Å². The van der Waals surface area contributed by atoms with Crippen molar-refractivity contribution in [1.82, 2.24) is 14.9 Å². The number of nitrogens with zero attached hydrogens (tertiary/aromatic N) is 3. The maximum Gasteiger partial charge on any atom is 0.124 e. The van der Waals surface area contributed by atoms with Crippen LogP contribution in [0.25, 0.3) is 0 Å². The Labute approximate surface area is 123 Å². The van der Waals surface area contributed by atoms with E-state index in [9.17, 15) is 4.39 Å². The highest BCUT2D eigenvalue weighted by atomic mass is 19.1. The topological polar surface area (TPSA) is 55.7 Å². The maximum absolute atomic E-state index is 13.2. The Morgan fingerprint density at radius 1 is 1.43 bits per heavy atom. The summed E-state index contributed by atoms with van der Waals surface area (Å²) in [4.78, 5) is 9.86. The second kappa shape index (κ2) is 6.06. The average molecular weight is 284 g/mol. The summed E-state index contributed by atoms with van der Waals surface area (Å²) < 4.78 is 13.2. The monoisotopic (exact) mass is 284 g/mol. The molecule has 1 atom stereocenters. The number of nitriles is 1. The molecule has 2 aromatic rings. The summed E-state index contributed by atoms with van der Waals surface area (Å²) in [5.74, 6) is 0.604. The normalized spacial score (nSPS) is 19.3. The van der Waals surface area contributed by atoms with E-state index in [1.54, 1.807) is 12.3 Å². The van der Waals surface area contributed by atoms with E-state index in [2.05, 4.69) is 20.9 Å². The maximum atomic E-state index is 13.2. The van der Waals surface area contributed by atoms with Crippen LogP contribution in [0.15, 0.2) is 30.6 Å². The number of benzene rings is 1. The number of aromatic nitrogens is 2. The largest absolute Gasteiger partial charge is 0.347 e. The Kier molecular flexibility index (Phi) is 3.98. The predicted octanol–water partition coefficient (Wildman–Crippen LogP) is 3.15. The number of nitrogens with one attached hydrogen (secondary N) is 1. The molecule has 0 spiro atoms. The summed E-state index contributed by atoms with van der Waals surface area (Å²) in [5, 5.41) is 9.17. The van der Waals surface area contributed by atoms with Gasteiger partial charge in [0.2, 0.25) is 0 Å². The minimum atomic E-state index is -0.364. The van der Waals surface area contributed by atoms with Gasteiger partial charge in [-0.2, -0.15) is 5.26 Å². The molecular weight excluding hydrogens is 267 g/mol. The van der Waals surface area contributed by atoms with Gasteiger partial charge in [0.1, 0.15) is 11.6 Å². The van der Waals surface area contributed by atoms with Crippen LogP contribution in [0.4, 0.5) is 4.39 Å². The molecule has 1 aromatic carbocycles. The summed E-state index contributed by atoms with van der Waals surface area (Å²) in [6, 6.07) is 6.76. The van der Waals surface area contributed by atoms with Crippen molar-refractivity contribution in [2.75, 3.05) is 6.54 Å². The smallest absolute Gasteiger partial charge is 0.124 e. The molecule has 4 nitrogen and oxygen atoms in total. The molecule has 2 heterocycles. The fourth-order valence-electron chi connectivity index (χ4n) is 2.96. The molecule has 1 N–H and O–H groups in total. The van der Waals surface area contributed by atoms with Gasteiger partial charge >= 0.3 is 0 Å². The van der Waals surface area contributed by atoms with Crippen LogP contribution in [0.3, 0.4) is 0 Å². The van der Waals surface area contributed by atoms with Gasteiger partial charge in [-0.3, -0.25) is 4.90 Å². The van der Waals surface area contributed by atoms with Crippen LogP contribution in [0.5, 0.6) is 0 Å². The number of rotatable bonds is 3. The molecule has 1 saturated heterocycles. The lowest BCUT2D eigenvalue weighted by atomic mass is 9.99. The lowest BCUT2D eigenvalue weighted by molar-refractivity contribution is 0.134. The summed E-state index contributed by atoms with van der Waals surface area (Å²) in [6.45, 7) is 1.61. The summed E-state index contributed by atoms with van der Waals surface area (Å²) in [7, 11) is 0. The molecule has 1 aliphatic rings. The van der Waals surface area contributed by atoms with Crippen LogP contribution >= 0.6 is 0 Å². The molecule has 0 radical (unpaired) electrons. The van der Waals surface area contributed by atoms with E-state index in [-0.39, 0.29) is 11.9 Å². The Morgan fingerprint density at radius 2 is 2.33 bits per heavy atom. The van der Waals surface area contributed by atoms with E-state index < -0.39 is 0 Å². The number of aromatic amines is 1. The first-order chi connectivity index (χ1) is 10.3. The standard InChI is InChI=1S/C16H17FN4/c17-14-5-4-12(13(9-14)10-18)11-21-8-2-1-3-15(21)16-19-6-7-20-16/h4-7,9,15H,1-3,8,11H2,(H,19,20). The van der Waals surface area contributed by atoms with E-state index in [0.29, 0.717) is 12.1 Å². The van der Waals surface area contributed by atoms with E-state index in [1.807, 2.05) is 6.20 Å². The number of H-pyrrole nitrogens is 1. The Hall–Kier alpha value is -2.19. The highest BCUT2D eigenvalue weighted by molar-refractivity contribution is 5.38. The van der Waals surface area contributed by atoms with Crippen molar-refractivity contribution in [2.45, 2.75) is 31.8 Å². The first-order valence-electron chi connectivity index (χ1n) is 7.20. The van der Waals surface area contributed by atoms with Gasteiger partial charge in [0.15, 0.2) is 0 Å². The van der Waals surface area contributed by atoms with Gasteiger partial charge in [-0.15, -0.1) is 0 Å². The van der Waals surface area contributed by atoms with Crippen LogP contribution in [-0.4, -0.2) is 21.4 Å². The molecule has 0 aliphatic carbocycles. The third kappa shape index (κ3) is 2.96. The number of likely N-dealkylation sites (tertiary alicyclic amines) is 1. The number of hydrogen-bond donors (Lipinski definition) is 1. The van der Waals surface area contributed by atoms with Gasteiger partial charge in [-0.25, -0.2) is 9.37 Å². The zero-order valence-corrected chi connectivity index (χ0v) is 11.7. The third-order valence-electron chi connectivity index (χ3n) is 4.01. The molecule has 1 unspecified atom stereocenters. The number of halogens is 1. The van der Waals surface area contributed by atoms with Crippen LogP contribution in [0, 0.1) is 17.1 Å². The molecule has 1 aliphatic heterocycles. The van der Waals surface area contributed by atoms with Crippen LogP contribution in [0.2, 0.25) is 0 Å². The SMILES string of the molecule is N#Cc1cc(F)ccc1CN1CCCCC1c1ncc[nH]1. The molecule has 5 heteroatoms. The summed E-state index contributed by atoms with van der Waals surface area (Å²) in [6.07, 6.45) is 6.97. The van der Waals surface area contributed by atoms with Gasteiger partial charge < -0.3 is 4.98 Å². The van der Waals surface area contributed by atoms with Gasteiger partial charge in [0.25, 0.3) is 0 Å². The van der Waals surface area contributed by atoms with Crippen LogP contribution in [-0.2, 0) is 6.54 Å². The second-order valence-electron chi connectivity index (χ2n) is 5.37. The van der Waals surface area contributed by atoms with Gasteiger partial charge in [0.05, 0.1) is 17.7 Å². The van der Waals surface area contributed by atoms with Crippen molar-refractivity contribution in [3.8, 4) is 6.07 Å². The zero-order chi connectivity index (χ0) is 14.7.